The minimum absolute atomic E-state index is 0.539. The molecule has 0 nitrogen and oxygen atoms in total. The van der Waals surface area contributed by atoms with Crippen molar-refractivity contribution in [1.82, 2.24) is 0 Å². The van der Waals surface area contributed by atoms with Gasteiger partial charge in [0.25, 0.3) is 0 Å². The molecule has 0 amide bonds. The summed E-state index contributed by atoms with van der Waals surface area (Å²) in [6, 6.07) is 0. The van der Waals surface area contributed by atoms with Crippen LogP contribution in [0.5, 0.6) is 0 Å². The maximum Gasteiger partial charge on any atom is -0.00753 e. The molecule has 0 aliphatic heterocycles. The highest BCUT2D eigenvalue weighted by Crippen LogP contribution is 2.45. The van der Waals surface area contributed by atoms with E-state index in [9.17, 15) is 0 Å². The van der Waals surface area contributed by atoms with Gasteiger partial charge in [-0.25, -0.2) is 0 Å². The second kappa shape index (κ2) is 2.76. The molecule has 0 N–H and O–H groups in total. The lowest BCUT2D eigenvalue weighted by molar-refractivity contribution is 0.310. The van der Waals surface area contributed by atoms with Crippen molar-refractivity contribution in [3.8, 4) is 0 Å². The third-order valence-electron chi connectivity index (χ3n) is 3.47. The smallest absolute Gasteiger partial charge is 0.00753 e. The summed E-state index contributed by atoms with van der Waals surface area (Å²) < 4.78 is 0. The van der Waals surface area contributed by atoms with Crippen LogP contribution >= 0.6 is 0 Å². The summed E-state index contributed by atoms with van der Waals surface area (Å²) >= 11 is 0. The quantitative estimate of drug-likeness (QED) is 0.507. The van der Waals surface area contributed by atoms with E-state index in [-0.39, 0.29) is 0 Å². The molecule has 0 spiro atoms. The van der Waals surface area contributed by atoms with Crippen molar-refractivity contribution in [1.29, 1.82) is 0 Å². The van der Waals surface area contributed by atoms with E-state index in [1.807, 2.05) is 0 Å². The van der Waals surface area contributed by atoms with E-state index in [0.29, 0.717) is 5.41 Å². The van der Waals surface area contributed by atoms with E-state index in [1.54, 1.807) is 11.1 Å². The van der Waals surface area contributed by atoms with Crippen molar-refractivity contribution < 1.29 is 0 Å². The third-order valence-corrected chi connectivity index (χ3v) is 3.47. The van der Waals surface area contributed by atoms with Gasteiger partial charge in [0.05, 0.1) is 0 Å². The second-order valence-electron chi connectivity index (χ2n) is 4.60. The Kier molecular flexibility index (Phi) is 1.86. The maximum atomic E-state index is 2.45. The van der Waals surface area contributed by atoms with Gasteiger partial charge in [0.15, 0.2) is 0 Å². The van der Waals surface area contributed by atoms with Crippen molar-refractivity contribution in [3.05, 3.63) is 23.3 Å². The lowest BCUT2D eigenvalue weighted by Gasteiger charge is -2.37. The molecule has 0 unspecified atom stereocenters. The second-order valence-corrected chi connectivity index (χ2v) is 4.60. The Balaban J connectivity index is 2.35. The summed E-state index contributed by atoms with van der Waals surface area (Å²) in [5, 5.41) is 0. The molecule has 0 fully saturated rings. The van der Waals surface area contributed by atoms with Crippen LogP contribution in [0.2, 0.25) is 0 Å². The standard InChI is InChI=1S/C12H18/c1-10-6-8-12(2)7-4-3-5-11(12)9-10/h5,9H,3-4,6-8H2,1-2H3/t12-/m0/s1. The first kappa shape index (κ1) is 8.10. The minimum atomic E-state index is 0.539. The molecular weight excluding hydrogens is 144 g/mol. The molecule has 1 atom stereocenters. The van der Waals surface area contributed by atoms with Gasteiger partial charge in [0.2, 0.25) is 0 Å². The van der Waals surface area contributed by atoms with Crippen molar-refractivity contribution in [3.63, 3.8) is 0 Å². The zero-order valence-electron chi connectivity index (χ0n) is 8.19. The first-order valence-corrected chi connectivity index (χ1v) is 5.08. The topological polar surface area (TPSA) is 0 Å². The summed E-state index contributed by atoms with van der Waals surface area (Å²) in [7, 11) is 0. The summed E-state index contributed by atoms with van der Waals surface area (Å²) in [4.78, 5) is 0. The van der Waals surface area contributed by atoms with Crippen LogP contribution in [0.25, 0.3) is 0 Å². The minimum Gasteiger partial charge on any atom is -0.0808 e. The fraction of sp³-hybridized carbons (Fsp3) is 0.667. The lowest BCUT2D eigenvalue weighted by atomic mass is 9.67. The van der Waals surface area contributed by atoms with Gasteiger partial charge in [-0.1, -0.05) is 24.6 Å². The Morgan fingerprint density at radius 1 is 1.33 bits per heavy atom. The van der Waals surface area contributed by atoms with E-state index < -0.39 is 0 Å². The molecule has 0 aromatic carbocycles. The fourth-order valence-electron chi connectivity index (χ4n) is 2.45. The van der Waals surface area contributed by atoms with E-state index in [4.69, 9.17) is 0 Å². The van der Waals surface area contributed by atoms with Crippen LogP contribution in [0.4, 0.5) is 0 Å². The zero-order valence-corrected chi connectivity index (χ0v) is 8.19. The predicted molar refractivity (Wildman–Crippen MR) is 53.0 cm³/mol. The monoisotopic (exact) mass is 162 g/mol. The molecule has 2 aliphatic carbocycles. The highest BCUT2D eigenvalue weighted by Gasteiger charge is 2.31. The average Bonchev–Trinajstić information content (AvgIpc) is 2.06. The molecule has 0 aromatic heterocycles. The summed E-state index contributed by atoms with van der Waals surface area (Å²) in [6.07, 6.45) is 11.7. The molecule has 66 valence electrons. The van der Waals surface area contributed by atoms with Crippen LogP contribution in [0.15, 0.2) is 23.3 Å². The Morgan fingerprint density at radius 2 is 2.17 bits per heavy atom. The first-order chi connectivity index (χ1) is 5.71. The molecule has 0 heterocycles. The number of rotatable bonds is 0. The van der Waals surface area contributed by atoms with Crippen LogP contribution in [-0.2, 0) is 0 Å². The molecule has 12 heavy (non-hydrogen) atoms. The van der Waals surface area contributed by atoms with E-state index >= 15 is 0 Å². The van der Waals surface area contributed by atoms with Gasteiger partial charge in [-0.15, -0.1) is 0 Å². The van der Waals surface area contributed by atoms with Crippen LogP contribution < -0.4 is 0 Å². The van der Waals surface area contributed by atoms with Gasteiger partial charge >= 0.3 is 0 Å². The largest absolute Gasteiger partial charge is 0.0808 e. The molecule has 0 saturated heterocycles. The molecule has 0 heteroatoms. The number of allylic oxidation sites excluding steroid dienone is 4. The van der Waals surface area contributed by atoms with E-state index in [0.717, 1.165) is 0 Å². The molecular formula is C12H18. The molecule has 2 aliphatic rings. The van der Waals surface area contributed by atoms with Gasteiger partial charge in [0.1, 0.15) is 0 Å². The highest BCUT2D eigenvalue weighted by molar-refractivity contribution is 5.33. The molecule has 2 rings (SSSR count). The van der Waals surface area contributed by atoms with Crippen LogP contribution in [0, 0.1) is 5.41 Å². The number of hydrogen-bond donors (Lipinski definition) is 0. The van der Waals surface area contributed by atoms with Crippen molar-refractivity contribution in [2.45, 2.75) is 46.0 Å². The van der Waals surface area contributed by atoms with Crippen molar-refractivity contribution >= 4 is 0 Å². The van der Waals surface area contributed by atoms with Gasteiger partial charge < -0.3 is 0 Å². The maximum absolute atomic E-state index is 2.45. The van der Waals surface area contributed by atoms with Gasteiger partial charge in [-0.2, -0.15) is 0 Å². The summed E-state index contributed by atoms with van der Waals surface area (Å²) in [5.74, 6) is 0. The van der Waals surface area contributed by atoms with E-state index in [2.05, 4.69) is 26.0 Å². The fourth-order valence-corrected chi connectivity index (χ4v) is 2.45. The lowest BCUT2D eigenvalue weighted by Crippen LogP contribution is -2.24. The zero-order chi connectivity index (χ0) is 8.60. The van der Waals surface area contributed by atoms with E-state index in [1.165, 1.54) is 32.1 Å². The molecule has 0 saturated carbocycles. The SMILES string of the molecule is CC1=CC2=CCCC[C@@]2(C)CC1. The van der Waals surface area contributed by atoms with Crippen LogP contribution in [0.1, 0.15) is 46.0 Å². The molecule has 0 radical (unpaired) electrons. The Morgan fingerprint density at radius 3 is 3.00 bits per heavy atom. The van der Waals surface area contributed by atoms with Crippen LogP contribution in [0.3, 0.4) is 0 Å². The van der Waals surface area contributed by atoms with Gasteiger partial charge in [-0.05, 0) is 50.0 Å². The van der Waals surface area contributed by atoms with Gasteiger partial charge in [0, 0.05) is 0 Å². The predicted octanol–water partition coefficient (Wildman–Crippen LogP) is 3.84. The number of fused-ring (bicyclic) bond motifs is 1. The molecule has 0 aromatic rings. The number of hydrogen-bond acceptors (Lipinski definition) is 0. The van der Waals surface area contributed by atoms with Gasteiger partial charge in [-0.3, -0.25) is 0 Å². The van der Waals surface area contributed by atoms with Crippen LogP contribution in [-0.4, -0.2) is 0 Å². The Bertz CT molecular complexity index is 245. The highest BCUT2D eigenvalue weighted by atomic mass is 14.4. The first-order valence-electron chi connectivity index (χ1n) is 5.08. The third kappa shape index (κ3) is 1.24. The molecule has 0 bridgehead atoms. The van der Waals surface area contributed by atoms with Crippen molar-refractivity contribution in [2.24, 2.45) is 5.41 Å². The average molecular weight is 162 g/mol. The van der Waals surface area contributed by atoms with Crippen molar-refractivity contribution in [2.75, 3.05) is 0 Å². The normalized spacial score (nSPS) is 35.2. The Hall–Kier alpha value is -0.520. The summed E-state index contributed by atoms with van der Waals surface area (Å²) in [6.45, 7) is 4.69. The summed E-state index contributed by atoms with van der Waals surface area (Å²) in [5.41, 5.74) is 3.73. The Labute approximate surface area is 75.4 Å².